The number of nitrogens with zero attached hydrogens (tertiary/aromatic N) is 2. The smallest absolute Gasteiger partial charge is 0.177 e. The molecule has 0 aliphatic rings. The molecule has 0 atom stereocenters. The summed E-state index contributed by atoms with van der Waals surface area (Å²) in [5.41, 5.74) is 2.49. The second-order valence-corrected chi connectivity index (χ2v) is 4.56. The van der Waals surface area contributed by atoms with Crippen LogP contribution in [0.2, 0.25) is 0 Å². The molecule has 2 N–H and O–H groups in total. The fraction of sp³-hybridized carbons (Fsp3) is 0.267. The average molecular weight is 284 g/mol. The minimum atomic E-state index is -0.183. The van der Waals surface area contributed by atoms with Crippen LogP contribution >= 0.6 is 0 Å². The number of Topliss-reactive ketones (excluding diaryl/α,β-unsaturated/α-hetero) is 2. The molecule has 2 aromatic rings. The highest BCUT2D eigenvalue weighted by Gasteiger charge is 2.14. The molecule has 0 saturated heterocycles. The standard InChI is InChI=1S/C15H16N4O2/c1-17-12(6-7-16)15(21)5-4-14(20)10-2-3-11-13(8-10)19-9-18-11/h2-3,7-9,16H,4-6H2,1H3,(H,18,19). The lowest BCUT2D eigenvalue weighted by Crippen LogP contribution is -2.16. The molecular formula is C15H16N4O2. The first-order valence-corrected chi connectivity index (χ1v) is 6.60. The van der Waals surface area contributed by atoms with Crippen LogP contribution in [0.3, 0.4) is 0 Å². The quantitative estimate of drug-likeness (QED) is 0.602. The summed E-state index contributed by atoms with van der Waals surface area (Å²) < 4.78 is 0. The highest BCUT2D eigenvalue weighted by Crippen LogP contribution is 2.14. The fourth-order valence-electron chi connectivity index (χ4n) is 2.05. The summed E-state index contributed by atoms with van der Waals surface area (Å²) >= 11 is 0. The van der Waals surface area contributed by atoms with Gasteiger partial charge in [-0.3, -0.25) is 14.6 Å². The number of benzene rings is 1. The summed E-state index contributed by atoms with van der Waals surface area (Å²) in [6.07, 6.45) is 3.16. The third kappa shape index (κ3) is 3.47. The van der Waals surface area contributed by atoms with Gasteiger partial charge in [0, 0.05) is 38.1 Å². The van der Waals surface area contributed by atoms with E-state index in [1.165, 1.54) is 7.05 Å². The van der Waals surface area contributed by atoms with E-state index < -0.39 is 0 Å². The van der Waals surface area contributed by atoms with Crippen molar-refractivity contribution >= 4 is 34.5 Å². The van der Waals surface area contributed by atoms with Crippen molar-refractivity contribution < 1.29 is 9.59 Å². The van der Waals surface area contributed by atoms with Gasteiger partial charge in [-0.1, -0.05) is 0 Å². The Morgan fingerprint density at radius 1 is 1.38 bits per heavy atom. The van der Waals surface area contributed by atoms with Gasteiger partial charge in [-0.05, 0) is 18.2 Å². The van der Waals surface area contributed by atoms with E-state index in [4.69, 9.17) is 5.41 Å². The SMILES string of the molecule is CN=C(CC=N)C(=O)CCC(=O)c1ccc2nc[nH]c2c1. The van der Waals surface area contributed by atoms with Crippen molar-refractivity contribution in [3.63, 3.8) is 0 Å². The zero-order valence-electron chi connectivity index (χ0n) is 11.7. The summed E-state index contributed by atoms with van der Waals surface area (Å²) in [7, 11) is 1.52. The van der Waals surface area contributed by atoms with Gasteiger partial charge in [0.2, 0.25) is 0 Å². The summed E-state index contributed by atoms with van der Waals surface area (Å²) in [6, 6.07) is 5.22. The summed E-state index contributed by atoms with van der Waals surface area (Å²) in [5, 5.41) is 7.01. The molecule has 6 heteroatoms. The Kier molecular flexibility index (Phi) is 4.71. The summed E-state index contributed by atoms with van der Waals surface area (Å²) in [4.78, 5) is 34.9. The number of fused-ring (bicyclic) bond motifs is 1. The number of nitrogens with one attached hydrogen (secondary N) is 2. The van der Waals surface area contributed by atoms with E-state index >= 15 is 0 Å². The van der Waals surface area contributed by atoms with Crippen LogP contribution in [0.5, 0.6) is 0 Å². The molecule has 6 nitrogen and oxygen atoms in total. The molecule has 0 radical (unpaired) electrons. The van der Waals surface area contributed by atoms with Crippen molar-refractivity contribution in [2.75, 3.05) is 7.05 Å². The molecule has 108 valence electrons. The first kappa shape index (κ1) is 14.8. The number of hydrogen-bond acceptors (Lipinski definition) is 5. The van der Waals surface area contributed by atoms with E-state index in [9.17, 15) is 9.59 Å². The van der Waals surface area contributed by atoms with Gasteiger partial charge in [0.15, 0.2) is 11.6 Å². The number of H-pyrrole nitrogens is 1. The van der Waals surface area contributed by atoms with E-state index in [0.29, 0.717) is 11.3 Å². The third-order valence-corrected chi connectivity index (χ3v) is 3.21. The molecule has 0 aliphatic heterocycles. The largest absolute Gasteiger partial charge is 0.345 e. The predicted octanol–water partition coefficient (Wildman–Crippen LogP) is 2.21. The van der Waals surface area contributed by atoms with Crippen molar-refractivity contribution in [1.82, 2.24) is 9.97 Å². The number of rotatable bonds is 7. The highest BCUT2D eigenvalue weighted by molar-refractivity contribution is 6.42. The van der Waals surface area contributed by atoms with Crippen molar-refractivity contribution in [1.29, 1.82) is 5.41 Å². The van der Waals surface area contributed by atoms with E-state index in [2.05, 4.69) is 15.0 Å². The van der Waals surface area contributed by atoms with Gasteiger partial charge in [0.25, 0.3) is 0 Å². The van der Waals surface area contributed by atoms with Crippen LogP contribution in [0.1, 0.15) is 29.6 Å². The topological polar surface area (TPSA) is 99.0 Å². The highest BCUT2D eigenvalue weighted by atomic mass is 16.1. The number of imidazole rings is 1. The zero-order chi connectivity index (χ0) is 15.2. The zero-order valence-corrected chi connectivity index (χ0v) is 11.7. The molecule has 1 aromatic carbocycles. The molecule has 0 saturated carbocycles. The molecule has 0 unspecified atom stereocenters. The molecule has 21 heavy (non-hydrogen) atoms. The monoisotopic (exact) mass is 284 g/mol. The van der Waals surface area contributed by atoms with Gasteiger partial charge in [-0.15, -0.1) is 0 Å². The number of aromatic nitrogens is 2. The minimum Gasteiger partial charge on any atom is -0.345 e. The lowest BCUT2D eigenvalue weighted by molar-refractivity contribution is -0.113. The molecule has 2 rings (SSSR count). The van der Waals surface area contributed by atoms with Crippen molar-refractivity contribution in [3.05, 3.63) is 30.1 Å². The maximum absolute atomic E-state index is 12.1. The Balaban J connectivity index is 2.01. The second-order valence-electron chi connectivity index (χ2n) is 4.56. The van der Waals surface area contributed by atoms with Gasteiger partial charge in [-0.25, -0.2) is 4.98 Å². The second kappa shape index (κ2) is 6.69. The maximum Gasteiger partial charge on any atom is 0.177 e. The van der Waals surface area contributed by atoms with Gasteiger partial charge in [0.05, 0.1) is 23.1 Å². The molecule has 0 bridgehead atoms. The van der Waals surface area contributed by atoms with Gasteiger partial charge in [-0.2, -0.15) is 0 Å². The molecule has 1 heterocycles. The van der Waals surface area contributed by atoms with Gasteiger partial charge >= 0.3 is 0 Å². The van der Waals surface area contributed by atoms with Crippen LogP contribution in [0.4, 0.5) is 0 Å². The van der Waals surface area contributed by atoms with Crippen LogP contribution in [0.15, 0.2) is 29.5 Å². The molecule has 0 amide bonds. The van der Waals surface area contributed by atoms with Crippen LogP contribution in [-0.2, 0) is 4.79 Å². The summed E-state index contributed by atoms with van der Waals surface area (Å²) in [5.74, 6) is -0.276. The number of aliphatic imine (C=N–C) groups is 1. The van der Waals surface area contributed by atoms with Crippen molar-refractivity contribution in [2.24, 2.45) is 4.99 Å². The van der Waals surface area contributed by atoms with Crippen molar-refractivity contribution in [2.45, 2.75) is 19.3 Å². The third-order valence-electron chi connectivity index (χ3n) is 3.21. The van der Waals surface area contributed by atoms with Crippen LogP contribution in [-0.4, -0.2) is 40.5 Å². The maximum atomic E-state index is 12.1. The van der Waals surface area contributed by atoms with Crippen molar-refractivity contribution in [3.8, 4) is 0 Å². The predicted molar refractivity (Wildman–Crippen MR) is 81.4 cm³/mol. The Hall–Kier alpha value is -2.63. The summed E-state index contributed by atoms with van der Waals surface area (Å²) in [6.45, 7) is 0. The first-order valence-electron chi connectivity index (χ1n) is 6.60. The molecular weight excluding hydrogens is 268 g/mol. The number of carbonyl (C=O) groups is 2. The van der Waals surface area contributed by atoms with E-state index in [1.54, 1.807) is 24.5 Å². The lowest BCUT2D eigenvalue weighted by Gasteiger charge is -2.03. The number of aromatic amines is 1. The van der Waals surface area contributed by atoms with Crippen LogP contribution < -0.4 is 0 Å². The van der Waals surface area contributed by atoms with Gasteiger partial charge < -0.3 is 10.4 Å². The Bertz CT molecular complexity index is 715. The van der Waals surface area contributed by atoms with Crippen LogP contribution in [0.25, 0.3) is 11.0 Å². The molecule has 0 spiro atoms. The fourth-order valence-corrected chi connectivity index (χ4v) is 2.05. The first-order chi connectivity index (χ1) is 10.2. The van der Waals surface area contributed by atoms with E-state index in [-0.39, 0.29) is 30.8 Å². The van der Waals surface area contributed by atoms with Crippen LogP contribution in [0, 0.1) is 5.41 Å². The number of carbonyl (C=O) groups excluding carboxylic acids is 2. The Labute approximate surface area is 121 Å². The Morgan fingerprint density at radius 3 is 2.90 bits per heavy atom. The van der Waals surface area contributed by atoms with Gasteiger partial charge in [0.1, 0.15) is 0 Å². The number of hydrogen-bond donors (Lipinski definition) is 2. The number of ketones is 2. The lowest BCUT2D eigenvalue weighted by atomic mass is 10.0. The van der Waals surface area contributed by atoms with E-state index in [1.807, 2.05) is 0 Å². The molecule has 0 aliphatic carbocycles. The average Bonchev–Trinajstić information content (AvgIpc) is 2.97. The molecule has 1 aromatic heterocycles. The Morgan fingerprint density at radius 2 is 2.19 bits per heavy atom. The minimum absolute atomic E-state index is 0.0924. The van der Waals surface area contributed by atoms with E-state index in [0.717, 1.165) is 17.2 Å². The molecule has 0 fully saturated rings. The normalized spacial score (nSPS) is 11.6.